The van der Waals surface area contributed by atoms with Crippen LogP contribution in [0.3, 0.4) is 0 Å². The highest BCUT2D eigenvalue weighted by molar-refractivity contribution is 5.85. The van der Waals surface area contributed by atoms with E-state index in [-0.39, 0.29) is 42.7 Å². The molecule has 2 N–H and O–H groups in total. The van der Waals surface area contributed by atoms with Gasteiger partial charge in [-0.3, -0.25) is 9.69 Å². The first kappa shape index (κ1) is 24.4. The standard InChI is InChI=1S/C22H29N3O.2ClH/c1-18(21(23)20-10-6-3-7-11-20)22(26)25-16-14-24(15-17-25)13-12-19-8-4-2-5-9-19;;/h2-11,18,21H,12-17,23H2,1H3;2*1H. The summed E-state index contributed by atoms with van der Waals surface area (Å²) >= 11 is 0. The minimum Gasteiger partial charge on any atom is -0.340 e. The first-order valence-corrected chi connectivity index (χ1v) is 9.51. The summed E-state index contributed by atoms with van der Waals surface area (Å²) in [5.41, 5.74) is 8.72. The van der Waals surface area contributed by atoms with Crippen molar-refractivity contribution in [2.45, 2.75) is 19.4 Å². The van der Waals surface area contributed by atoms with Crippen molar-refractivity contribution in [3.05, 3.63) is 71.8 Å². The van der Waals surface area contributed by atoms with E-state index in [1.807, 2.05) is 42.2 Å². The van der Waals surface area contributed by atoms with E-state index in [1.165, 1.54) is 5.56 Å². The van der Waals surface area contributed by atoms with Crippen LogP contribution in [0.15, 0.2) is 60.7 Å². The number of hydrogen-bond donors (Lipinski definition) is 1. The van der Waals surface area contributed by atoms with Gasteiger partial charge in [-0.2, -0.15) is 0 Å². The Labute approximate surface area is 180 Å². The molecule has 1 saturated heterocycles. The summed E-state index contributed by atoms with van der Waals surface area (Å²) in [7, 11) is 0. The van der Waals surface area contributed by atoms with Gasteiger partial charge in [0, 0.05) is 38.8 Å². The number of rotatable bonds is 6. The molecule has 3 rings (SSSR count). The molecule has 0 bridgehead atoms. The first-order chi connectivity index (χ1) is 12.6. The Morgan fingerprint density at radius 3 is 2.04 bits per heavy atom. The molecule has 2 aromatic rings. The fourth-order valence-corrected chi connectivity index (χ4v) is 3.53. The quantitative estimate of drug-likeness (QED) is 0.772. The number of amides is 1. The highest BCUT2D eigenvalue weighted by Gasteiger charge is 2.28. The third-order valence-corrected chi connectivity index (χ3v) is 5.36. The minimum atomic E-state index is -0.250. The third-order valence-electron chi connectivity index (χ3n) is 5.36. The largest absolute Gasteiger partial charge is 0.340 e. The van der Waals surface area contributed by atoms with Crippen LogP contribution in [0.5, 0.6) is 0 Å². The second kappa shape index (κ2) is 12.1. The van der Waals surface area contributed by atoms with Crippen molar-refractivity contribution in [1.29, 1.82) is 0 Å². The zero-order valence-electron chi connectivity index (χ0n) is 16.4. The lowest BCUT2D eigenvalue weighted by Crippen LogP contribution is -2.51. The third kappa shape index (κ3) is 6.49. The van der Waals surface area contributed by atoms with Gasteiger partial charge in [0.25, 0.3) is 0 Å². The Bertz CT molecular complexity index is 691. The van der Waals surface area contributed by atoms with E-state index in [4.69, 9.17) is 5.73 Å². The molecule has 154 valence electrons. The number of halogens is 2. The van der Waals surface area contributed by atoms with E-state index in [0.717, 1.165) is 44.7 Å². The molecule has 1 aliphatic rings. The fourth-order valence-electron chi connectivity index (χ4n) is 3.53. The molecule has 2 unspecified atom stereocenters. The van der Waals surface area contributed by atoms with Gasteiger partial charge in [0.15, 0.2) is 0 Å². The maximum absolute atomic E-state index is 12.8. The number of nitrogens with zero attached hydrogens (tertiary/aromatic N) is 2. The zero-order valence-corrected chi connectivity index (χ0v) is 18.0. The van der Waals surface area contributed by atoms with Gasteiger partial charge in [0.2, 0.25) is 5.91 Å². The van der Waals surface area contributed by atoms with Crippen LogP contribution in [0.25, 0.3) is 0 Å². The Morgan fingerprint density at radius 2 is 1.46 bits per heavy atom. The van der Waals surface area contributed by atoms with Crippen LogP contribution in [0.1, 0.15) is 24.1 Å². The molecule has 1 fully saturated rings. The van der Waals surface area contributed by atoms with Gasteiger partial charge in [0.05, 0.1) is 5.92 Å². The van der Waals surface area contributed by atoms with Crippen molar-refractivity contribution in [2.75, 3.05) is 32.7 Å². The van der Waals surface area contributed by atoms with Crippen LogP contribution in [-0.2, 0) is 11.2 Å². The molecule has 0 saturated carbocycles. The van der Waals surface area contributed by atoms with E-state index < -0.39 is 0 Å². The zero-order chi connectivity index (χ0) is 18.4. The summed E-state index contributed by atoms with van der Waals surface area (Å²) in [5, 5.41) is 0. The molecule has 28 heavy (non-hydrogen) atoms. The van der Waals surface area contributed by atoms with Gasteiger partial charge in [-0.15, -0.1) is 24.8 Å². The lowest BCUT2D eigenvalue weighted by atomic mass is 9.94. The summed E-state index contributed by atoms with van der Waals surface area (Å²) in [6, 6.07) is 20.2. The predicted octanol–water partition coefficient (Wildman–Crippen LogP) is 3.55. The average Bonchev–Trinajstić information content (AvgIpc) is 2.72. The maximum atomic E-state index is 12.8. The van der Waals surface area contributed by atoms with E-state index in [9.17, 15) is 4.79 Å². The van der Waals surface area contributed by atoms with Gasteiger partial charge >= 0.3 is 0 Å². The highest BCUT2D eigenvalue weighted by Crippen LogP contribution is 2.21. The molecule has 4 nitrogen and oxygen atoms in total. The highest BCUT2D eigenvalue weighted by atomic mass is 35.5. The van der Waals surface area contributed by atoms with Crippen LogP contribution in [-0.4, -0.2) is 48.4 Å². The van der Waals surface area contributed by atoms with Gasteiger partial charge in [0.1, 0.15) is 0 Å². The smallest absolute Gasteiger partial charge is 0.227 e. The van der Waals surface area contributed by atoms with E-state index in [2.05, 4.69) is 35.2 Å². The summed E-state index contributed by atoms with van der Waals surface area (Å²) < 4.78 is 0. The molecule has 2 aromatic carbocycles. The van der Waals surface area contributed by atoms with Gasteiger partial charge < -0.3 is 10.6 Å². The molecule has 0 aliphatic carbocycles. The molecule has 1 aliphatic heterocycles. The Morgan fingerprint density at radius 1 is 0.929 bits per heavy atom. The average molecular weight is 424 g/mol. The summed E-state index contributed by atoms with van der Waals surface area (Å²) in [5.74, 6) is -0.0302. The van der Waals surface area contributed by atoms with Crippen LogP contribution in [0.4, 0.5) is 0 Å². The van der Waals surface area contributed by atoms with Gasteiger partial charge in [-0.1, -0.05) is 67.6 Å². The molecule has 0 spiro atoms. The van der Waals surface area contributed by atoms with Crippen LogP contribution < -0.4 is 5.73 Å². The molecular formula is C22H31Cl2N3O. The van der Waals surface area contributed by atoms with Crippen LogP contribution in [0, 0.1) is 5.92 Å². The maximum Gasteiger partial charge on any atom is 0.227 e. The summed E-state index contributed by atoms with van der Waals surface area (Å²) in [6.07, 6.45) is 1.06. The summed E-state index contributed by atoms with van der Waals surface area (Å²) in [4.78, 5) is 17.2. The molecule has 1 amide bonds. The van der Waals surface area contributed by atoms with Crippen molar-refractivity contribution in [3.63, 3.8) is 0 Å². The first-order valence-electron chi connectivity index (χ1n) is 9.51. The molecule has 6 heteroatoms. The normalized spacial score (nSPS) is 16.4. The van der Waals surface area contributed by atoms with Crippen molar-refractivity contribution in [2.24, 2.45) is 11.7 Å². The van der Waals surface area contributed by atoms with Crippen LogP contribution in [0.2, 0.25) is 0 Å². The van der Waals surface area contributed by atoms with Gasteiger partial charge in [-0.05, 0) is 17.5 Å². The Balaban J connectivity index is 0.00000196. The minimum absolute atomic E-state index is 0. The molecule has 0 radical (unpaired) electrons. The number of piperazine rings is 1. The van der Waals surface area contributed by atoms with Crippen molar-refractivity contribution < 1.29 is 4.79 Å². The number of benzene rings is 2. The topological polar surface area (TPSA) is 49.6 Å². The van der Waals surface area contributed by atoms with Crippen molar-refractivity contribution in [3.8, 4) is 0 Å². The molecule has 1 heterocycles. The van der Waals surface area contributed by atoms with Crippen molar-refractivity contribution in [1.82, 2.24) is 9.80 Å². The Hall–Kier alpha value is -1.59. The SMILES string of the molecule is CC(C(=O)N1CCN(CCc2ccccc2)CC1)C(N)c1ccccc1.Cl.Cl. The number of nitrogens with two attached hydrogens (primary N) is 1. The van der Waals surface area contributed by atoms with Gasteiger partial charge in [-0.25, -0.2) is 0 Å². The second-order valence-corrected chi connectivity index (χ2v) is 7.13. The van der Waals surface area contributed by atoms with E-state index >= 15 is 0 Å². The molecule has 2 atom stereocenters. The number of hydrogen-bond acceptors (Lipinski definition) is 3. The molecule has 0 aromatic heterocycles. The summed E-state index contributed by atoms with van der Waals surface area (Å²) in [6.45, 7) is 6.45. The lowest BCUT2D eigenvalue weighted by Gasteiger charge is -2.36. The number of carbonyl (C=O) groups excluding carboxylic acids is 1. The van der Waals surface area contributed by atoms with E-state index in [1.54, 1.807) is 0 Å². The monoisotopic (exact) mass is 423 g/mol. The second-order valence-electron chi connectivity index (χ2n) is 7.13. The van der Waals surface area contributed by atoms with Crippen LogP contribution >= 0.6 is 24.8 Å². The predicted molar refractivity (Wildman–Crippen MR) is 120 cm³/mol. The number of carbonyl (C=O) groups is 1. The molecular weight excluding hydrogens is 393 g/mol. The van der Waals surface area contributed by atoms with E-state index in [0.29, 0.717) is 0 Å². The van der Waals surface area contributed by atoms with Crippen molar-refractivity contribution >= 4 is 30.7 Å². The Kier molecular flexibility index (Phi) is 10.5. The fraction of sp³-hybridized carbons (Fsp3) is 0.409. The lowest BCUT2D eigenvalue weighted by molar-refractivity contribution is -0.137.